The normalized spacial score (nSPS) is 12.4. The first kappa shape index (κ1) is 82.5. The minimum Gasteiger partial charge on any atom is -1.00 e. The molecule has 1 atom stereocenters. The van der Waals surface area contributed by atoms with Gasteiger partial charge in [-0.2, -0.15) is 12.8 Å². The number of ether oxygens (including phenoxy) is 1. The van der Waals surface area contributed by atoms with E-state index < -0.39 is 12.1 Å². The van der Waals surface area contributed by atoms with Crippen molar-refractivity contribution in [3.8, 4) is 0 Å². The van der Waals surface area contributed by atoms with Gasteiger partial charge < -0.3 is 40.3 Å². The van der Waals surface area contributed by atoms with Gasteiger partial charge in [0.1, 0.15) is 11.4 Å². The van der Waals surface area contributed by atoms with E-state index in [4.69, 9.17) is 73.1 Å². The van der Waals surface area contributed by atoms with Crippen molar-refractivity contribution in [3.63, 3.8) is 0 Å². The van der Waals surface area contributed by atoms with Crippen molar-refractivity contribution < 1.29 is 82.7 Å². The van der Waals surface area contributed by atoms with Gasteiger partial charge in [-0.3, -0.25) is 36.4 Å². The van der Waals surface area contributed by atoms with E-state index in [0.29, 0.717) is 53.5 Å². The van der Waals surface area contributed by atoms with Gasteiger partial charge in [-0.15, -0.1) is 0 Å². The maximum absolute atomic E-state index is 11.9. The second-order valence-corrected chi connectivity index (χ2v) is 20.2. The van der Waals surface area contributed by atoms with Crippen molar-refractivity contribution in [3.05, 3.63) is 183 Å². The number of rotatable bonds is 8. The number of carbonyl (C=O) groups excluding carboxylic acids is 2. The maximum atomic E-state index is 11.9. The number of hydrogen-bond donors (Lipinski definition) is 3. The second kappa shape index (κ2) is 42.5. The van der Waals surface area contributed by atoms with Crippen molar-refractivity contribution in [1.82, 2.24) is 52.0 Å². The van der Waals surface area contributed by atoms with E-state index in [-0.39, 0.29) is 108 Å². The molecule has 3 N–H and O–H groups in total. The molecule has 2 saturated carbocycles. The van der Waals surface area contributed by atoms with Crippen LogP contribution in [0.1, 0.15) is 136 Å². The van der Waals surface area contributed by atoms with Crippen molar-refractivity contribution in [2.75, 3.05) is 27.9 Å². The molecule has 0 aliphatic heterocycles. The fourth-order valence-electron chi connectivity index (χ4n) is 8.65. The molecule has 0 bridgehead atoms. The van der Waals surface area contributed by atoms with Crippen LogP contribution >= 0.6 is 58.0 Å². The Balaban J connectivity index is 0. The van der Waals surface area contributed by atoms with E-state index in [2.05, 4.69) is 36.1 Å². The number of nitrogens with zero attached hydrogens (tertiary/aromatic N) is 11. The van der Waals surface area contributed by atoms with E-state index in [9.17, 15) is 19.5 Å². The Kier molecular flexibility index (Phi) is 40.2. The van der Waals surface area contributed by atoms with Crippen LogP contribution in [0.5, 0.6) is 0 Å². The number of aromatic carboxylic acids is 1. The predicted molar refractivity (Wildman–Crippen MR) is 341 cm³/mol. The number of pyridine rings is 5. The molecule has 1 amide bonds. The molecule has 2 aliphatic rings. The maximum Gasteiger partial charge on any atom is 2.00 e. The monoisotopic (exact) mass is 1330 g/mol. The standard InChI is InChI=1S/C14H17ClN2O.C10H10ClN3O2.C8H5ClN2O2.C8H7ClN2O.C8H5ClN2O.C6H11.C3H8O.2CH4.B.ClH.Mg.Na.H/c15-11-6-7-12(17-9-16-8-13(11)17)14(18)10-4-2-1-3-5-10;1-13(16-2)10(15)8-4-3-7(11)9-5-12-6-14(8)9;9-5-1-2-6(8(12)13)11-4-10-3-7(5)11;2*9-7-2-1-6(4-12)11-5-10-3-8(7)11;1-2-4-6-5-3-1;1-3-4-2;;;;;;;/h6-10,14,18H,1-5H2;3-6H,1-2H3;1-4H,(H,12,13);1-3,5,12H,4H2;1-5H;1H,2-6H2;3H2,1-2H3;2*1H4;;1H;;;/q;;;;;-1;;;;;;+2;+1;-1/p-1. The molecular formula is C59H72BCl6MgN11NaO8. The summed E-state index contributed by atoms with van der Waals surface area (Å²) in [5.41, 5.74) is 6.56. The molecule has 2 fully saturated rings. The Morgan fingerprint density at radius 1 is 0.655 bits per heavy atom. The van der Waals surface area contributed by atoms with Crippen LogP contribution in [0.3, 0.4) is 0 Å². The Morgan fingerprint density at radius 3 is 1.48 bits per heavy atom. The van der Waals surface area contributed by atoms with Gasteiger partial charge in [0.25, 0.3) is 5.91 Å². The minimum absolute atomic E-state index is 0. The summed E-state index contributed by atoms with van der Waals surface area (Å²) in [6, 6.07) is 16.9. The molecule has 10 heterocycles. The molecule has 1 unspecified atom stereocenters. The summed E-state index contributed by atoms with van der Waals surface area (Å²) in [7, 11) is 4.65. The fourth-order valence-corrected chi connectivity index (χ4v) is 9.67. The smallest absolute Gasteiger partial charge is 1.00 e. The van der Waals surface area contributed by atoms with Crippen LogP contribution < -0.4 is 42.0 Å². The van der Waals surface area contributed by atoms with E-state index in [1.54, 1.807) is 114 Å². The zero-order valence-corrected chi connectivity index (χ0v) is 55.6. The summed E-state index contributed by atoms with van der Waals surface area (Å²) in [5, 5.41) is 32.4. The second-order valence-electron chi connectivity index (χ2n) is 18.2. The summed E-state index contributed by atoms with van der Waals surface area (Å²) < 4.78 is 12.9. The number of methoxy groups -OCH3 is 1. The Hall–Kier alpha value is -4.53. The molecule has 3 radical (unpaired) electrons. The fraction of sp³-hybridized carbons (Fsp3) is 0.339. The molecule has 0 spiro atoms. The zero-order chi connectivity index (χ0) is 58.4. The first-order valence-electron chi connectivity index (χ1n) is 25.8. The first-order valence-corrected chi connectivity index (χ1v) is 27.7. The van der Waals surface area contributed by atoms with Crippen molar-refractivity contribution in [1.29, 1.82) is 0 Å². The number of aliphatic hydroxyl groups is 2. The predicted octanol–water partition coefficient (Wildman–Crippen LogP) is 7.63. The summed E-state index contributed by atoms with van der Waals surface area (Å²) in [4.78, 5) is 57.7. The molecule has 87 heavy (non-hydrogen) atoms. The van der Waals surface area contributed by atoms with Gasteiger partial charge in [-0.25, -0.2) is 34.8 Å². The van der Waals surface area contributed by atoms with E-state index in [1.807, 2.05) is 23.5 Å². The first-order chi connectivity index (χ1) is 39.2. The van der Waals surface area contributed by atoms with E-state index in [1.165, 1.54) is 87.8 Å². The van der Waals surface area contributed by atoms with E-state index in [0.717, 1.165) is 58.7 Å². The minimum atomic E-state index is -1.00. The third-order valence-electron chi connectivity index (χ3n) is 13.1. The van der Waals surface area contributed by atoms with Crippen molar-refractivity contribution in [2.24, 2.45) is 5.92 Å². The Bertz CT molecular complexity index is 3630. The molecule has 2 aliphatic carbocycles. The van der Waals surface area contributed by atoms with Gasteiger partial charge in [0, 0.05) is 34.9 Å². The van der Waals surface area contributed by atoms with Gasteiger partial charge >= 0.3 is 58.6 Å². The quantitative estimate of drug-likeness (QED) is 0.0578. The van der Waals surface area contributed by atoms with Gasteiger partial charge in [0.15, 0.2) is 6.29 Å². The van der Waals surface area contributed by atoms with Crippen LogP contribution in [0.25, 0.3) is 27.6 Å². The molecule has 10 aromatic rings. The van der Waals surface area contributed by atoms with Gasteiger partial charge in [-0.1, -0.05) is 111 Å². The summed E-state index contributed by atoms with van der Waals surface area (Å²) in [5.74, 6) is -0.896. The van der Waals surface area contributed by atoms with Crippen LogP contribution in [0.4, 0.5) is 0 Å². The number of hydrogen-bond acceptors (Lipinski definition) is 12. The van der Waals surface area contributed by atoms with E-state index >= 15 is 0 Å². The topological polar surface area (TPSA) is 220 Å². The van der Waals surface area contributed by atoms with Gasteiger partial charge in [0.05, 0.1) is 147 Å². The molecule has 12 rings (SSSR count). The van der Waals surface area contributed by atoms with Crippen LogP contribution in [0, 0.1) is 12.3 Å². The number of aromatic nitrogens is 10. The third kappa shape index (κ3) is 22.4. The molecule has 10 aromatic heterocycles. The molecule has 0 saturated heterocycles. The SMILES string of the molecule is C.C.CCOC.CON(C)C(=O)c1ccc(Cl)c2cncn12.O=C(O)c1ccc(Cl)c2cncn12.O=Cc1ccc(Cl)c2cncn12.OC(c1ccc(Cl)c2cncn12)C1CCCCC1.OCc1ccc(Cl)c2cncn12.[B].[CH-]1CCCCC1.[Cl-].[H-].[Mg+2].[Na+]. The number of carbonyl (C=O) groups is 3. The molecule has 28 heteroatoms. The van der Waals surface area contributed by atoms with Gasteiger partial charge in [0.2, 0.25) is 0 Å². The number of aliphatic hydroxyl groups excluding tert-OH is 2. The number of amides is 1. The molecular weight excluding hydrogens is 1260 g/mol. The zero-order valence-electron chi connectivity index (χ0n) is 48.7. The number of carboxylic acids is 1. The summed E-state index contributed by atoms with van der Waals surface area (Å²) in [6.45, 7) is 2.77. The summed E-state index contributed by atoms with van der Waals surface area (Å²) in [6.07, 6.45) is 31.8. The third-order valence-corrected chi connectivity index (χ3v) is 14.7. The number of carboxylic acid groups (broad SMARTS) is 1. The number of fused-ring (bicyclic) bond motifs is 5. The average Bonchev–Trinajstić information content (AvgIpc) is 2.73. The van der Waals surface area contributed by atoms with Crippen molar-refractivity contribution in [2.45, 2.75) is 98.7 Å². The Morgan fingerprint density at radius 2 is 1.05 bits per heavy atom. The number of hydroxylamine groups is 2. The van der Waals surface area contributed by atoms with Crippen LogP contribution in [-0.4, -0.2) is 145 Å². The van der Waals surface area contributed by atoms with Crippen LogP contribution in [-0.2, 0) is 16.2 Å². The van der Waals surface area contributed by atoms with Crippen LogP contribution in [0.2, 0.25) is 25.1 Å². The number of aldehydes is 1. The average molecular weight is 1330 g/mol. The summed E-state index contributed by atoms with van der Waals surface area (Å²) >= 11 is 29.6. The largest absolute Gasteiger partial charge is 2.00 e. The molecule has 0 aromatic carbocycles. The molecule has 19 nitrogen and oxygen atoms in total. The van der Waals surface area contributed by atoms with Gasteiger partial charge in [-0.05, 0) is 86.3 Å². The molecule has 459 valence electrons. The Labute approximate surface area is 580 Å². The number of halogens is 6. The van der Waals surface area contributed by atoms with Crippen LogP contribution in [0.15, 0.2) is 123 Å². The van der Waals surface area contributed by atoms with Crippen molar-refractivity contribution >= 4 is 135 Å². The number of imidazole rings is 5.